The predicted octanol–water partition coefficient (Wildman–Crippen LogP) is 2.52. The van der Waals surface area contributed by atoms with E-state index in [2.05, 4.69) is 15.0 Å². The molecule has 0 unspecified atom stereocenters. The average Bonchev–Trinajstić information content (AvgIpc) is 2.82. The van der Waals surface area contributed by atoms with Gasteiger partial charge in [0.25, 0.3) is 0 Å². The van der Waals surface area contributed by atoms with Crippen molar-refractivity contribution in [3.05, 3.63) is 46.6 Å². The Balaban J connectivity index is 2.08. The van der Waals surface area contributed by atoms with E-state index in [1.807, 2.05) is 0 Å². The molecule has 0 amide bonds. The van der Waals surface area contributed by atoms with Crippen molar-refractivity contribution in [2.24, 2.45) is 0 Å². The fraction of sp³-hybridized carbons (Fsp3) is 0.154. The maximum atomic E-state index is 13.6. The van der Waals surface area contributed by atoms with Crippen molar-refractivity contribution < 1.29 is 17.6 Å². The molecule has 5 nitrogen and oxygen atoms in total. The number of nitrogens with zero attached hydrogens (tertiary/aromatic N) is 2. The number of aromatic nitrogens is 3. The molecule has 0 bridgehead atoms. The lowest BCUT2D eigenvalue weighted by atomic mass is 10.1. The summed E-state index contributed by atoms with van der Waals surface area (Å²) in [5.41, 5.74) is 0.719. The van der Waals surface area contributed by atoms with Crippen LogP contribution in [0.15, 0.2) is 33.7 Å². The highest BCUT2D eigenvalue weighted by Gasteiger charge is 2.15. The highest BCUT2D eigenvalue weighted by atomic mass is 19.3. The van der Waals surface area contributed by atoms with Crippen LogP contribution in [-0.2, 0) is 6.42 Å². The molecule has 0 radical (unpaired) electrons. The van der Waals surface area contributed by atoms with Crippen LogP contribution in [0.3, 0.4) is 0 Å². The lowest BCUT2D eigenvalue weighted by molar-refractivity contribution is 0.147. The zero-order valence-electron chi connectivity index (χ0n) is 10.4. The molecule has 2 aromatic heterocycles. The molecule has 108 valence electrons. The van der Waals surface area contributed by atoms with Gasteiger partial charge < -0.3 is 4.42 Å². The van der Waals surface area contributed by atoms with Crippen LogP contribution in [0.25, 0.3) is 22.4 Å². The first kappa shape index (κ1) is 13.3. The van der Waals surface area contributed by atoms with Crippen molar-refractivity contribution in [3.8, 4) is 11.3 Å². The highest BCUT2D eigenvalue weighted by molar-refractivity contribution is 5.88. The van der Waals surface area contributed by atoms with E-state index < -0.39 is 24.4 Å². The molecule has 2 heterocycles. The molecule has 21 heavy (non-hydrogen) atoms. The zero-order valence-corrected chi connectivity index (χ0v) is 10.4. The predicted molar refractivity (Wildman–Crippen MR) is 67.5 cm³/mol. The van der Waals surface area contributed by atoms with Crippen molar-refractivity contribution >= 4 is 11.1 Å². The Kier molecular flexibility index (Phi) is 3.20. The maximum absolute atomic E-state index is 13.6. The first-order valence-corrected chi connectivity index (χ1v) is 5.95. The summed E-state index contributed by atoms with van der Waals surface area (Å²) in [5, 5.41) is 0. The summed E-state index contributed by atoms with van der Waals surface area (Å²) in [6.07, 6.45) is -0.519. The molecule has 1 aromatic carbocycles. The standard InChI is InChI=1S/C13H8F3N3O2/c14-8-2-1-7(12-11(8)19-13(20)21-12)9-5-17-6(4-18-9)3-10(15)16/h1-2,4-5,10H,3H2,(H,19,20). The normalized spacial score (nSPS) is 11.4. The number of H-pyrrole nitrogens is 1. The third kappa shape index (κ3) is 2.51. The van der Waals surface area contributed by atoms with Crippen LogP contribution in [-0.4, -0.2) is 21.4 Å². The number of nitrogens with one attached hydrogen (secondary N) is 1. The van der Waals surface area contributed by atoms with E-state index >= 15 is 0 Å². The molecule has 0 fully saturated rings. The van der Waals surface area contributed by atoms with Gasteiger partial charge in [0.2, 0.25) is 6.43 Å². The number of benzene rings is 1. The summed E-state index contributed by atoms with van der Waals surface area (Å²) in [5.74, 6) is -1.43. The molecule has 0 saturated heterocycles. The third-order valence-electron chi connectivity index (χ3n) is 2.87. The molecular formula is C13H8F3N3O2. The van der Waals surface area contributed by atoms with Gasteiger partial charge in [-0.25, -0.2) is 18.0 Å². The molecule has 0 aliphatic heterocycles. The van der Waals surface area contributed by atoms with E-state index in [1.165, 1.54) is 18.5 Å². The smallest absolute Gasteiger partial charge is 0.407 e. The van der Waals surface area contributed by atoms with Crippen LogP contribution in [0.1, 0.15) is 5.69 Å². The lowest BCUT2D eigenvalue weighted by Gasteiger charge is -2.03. The fourth-order valence-electron chi connectivity index (χ4n) is 1.96. The second kappa shape index (κ2) is 5.04. The quantitative estimate of drug-likeness (QED) is 0.806. The second-order valence-electron chi connectivity index (χ2n) is 4.30. The fourth-order valence-corrected chi connectivity index (χ4v) is 1.96. The van der Waals surface area contributed by atoms with Gasteiger partial charge in [-0.3, -0.25) is 15.0 Å². The summed E-state index contributed by atoms with van der Waals surface area (Å²) in [6.45, 7) is 0. The average molecular weight is 295 g/mol. The van der Waals surface area contributed by atoms with Crippen molar-refractivity contribution in [2.75, 3.05) is 0 Å². The molecule has 0 atom stereocenters. The van der Waals surface area contributed by atoms with Crippen LogP contribution in [0.4, 0.5) is 13.2 Å². The number of aromatic amines is 1. The largest absolute Gasteiger partial charge is 0.417 e. The Morgan fingerprint density at radius 3 is 2.71 bits per heavy atom. The summed E-state index contributed by atoms with van der Waals surface area (Å²) < 4.78 is 42.9. The van der Waals surface area contributed by atoms with E-state index in [0.29, 0.717) is 11.3 Å². The number of hydrogen-bond donors (Lipinski definition) is 1. The Morgan fingerprint density at radius 2 is 2.05 bits per heavy atom. The molecule has 0 saturated carbocycles. The van der Waals surface area contributed by atoms with Gasteiger partial charge in [-0.2, -0.15) is 0 Å². The van der Waals surface area contributed by atoms with Crippen LogP contribution < -0.4 is 5.76 Å². The minimum absolute atomic E-state index is 0.0101. The number of hydrogen-bond acceptors (Lipinski definition) is 4. The first-order chi connectivity index (χ1) is 10.0. The van der Waals surface area contributed by atoms with Gasteiger partial charge in [0, 0.05) is 11.8 Å². The van der Waals surface area contributed by atoms with E-state index in [4.69, 9.17) is 4.42 Å². The number of alkyl halides is 2. The topological polar surface area (TPSA) is 71.8 Å². The monoisotopic (exact) mass is 295 g/mol. The Morgan fingerprint density at radius 1 is 1.24 bits per heavy atom. The summed E-state index contributed by atoms with van der Waals surface area (Å²) >= 11 is 0. The third-order valence-corrected chi connectivity index (χ3v) is 2.87. The lowest BCUT2D eigenvalue weighted by Crippen LogP contribution is -2.00. The van der Waals surface area contributed by atoms with E-state index in [-0.39, 0.29) is 16.8 Å². The number of rotatable bonds is 3. The maximum Gasteiger partial charge on any atom is 0.417 e. The van der Waals surface area contributed by atoms with Crippen molar-refractivity contribution in [3.63, 3.8) is 0 Å². The zero-order chi connectivity index (χ0) is 15.0. The minimum atomic E-state index is -2.51. The molecule has 3 rings (SSSR count). The molecule has 0 spiro atoms. The Labute approximate surface area is 115 Å². The van der Waals surface area contributed by atoms with Gasteiger partial charge in [-0.05, 0) is 12.1 Å². The first-order valence-electron chi connectivity index (χ1n) is 5.95. The summed E-state index contributed by atoms with van der Waals surface area (Å²) in [7, 11) is 0. The molecular weight excluding hydrogens is 287 g/mol. The van der Waals surface area contributed by atoms with E-state index in [9.17, 15) is 18.0 Å². The second-order valence-corrected chi connectivity index (χ2v) is 4.30. The summed E-state index contributed by atoms with van der Waals surface area (Å²) in [6, 6.07) is 2.53. The summed E-state index contributed by atoms with van der Waals surface area (Å²) in [4.78, 5) is 21.3. The van der Waals surface area contributed by atoms with E-state index in [0.717, 1.165) is 6.07 Å². The molecule has 0 aliphatic carbocycles. The minimum Gasteiger partial charge on any atom is -0.407 e. The van der Waals surface area contributed by atoms with Crippen molar-refractivity contribution in [1.29, 1.82) is 0 Å². The highest BCUT2D eigenvalue weighted by Crippen LogP contribution is 2.27. The van der Waals surface area contributed by atoms with Crippen molar-refractivity contribution in [1.82, 2.24) is 15.0 Å². The van der Waals surface area contributed by atoms with Gasteiger partial charge >= 0.3 is 5.76 Å². The molecule has 1 N–H and O–H groups in total. The van der Waals surface area contributed by atoms with Crippen LogP contribution in [0.5, 0.6) is 0 Å². The van der Waals surface area contributed by atoms with Gasteiger partial charge in [-0.15, -0.1) is 0 Å². The van der Waals surface area contributed by atoms with Crippen LogP contribution >= 0.6 is 0 Å². The SMILES string of the molecule is O=c1[nH]c2c(F)ccc(-c3cnc(CC(F)F)cn3)c2o1. The molecule has 0 aliphatic rings. The van der Waals surface area contributed by atoms with Crippen LogP contribution in [0, 0.1) is 5.82 Å². The molecule has 8 heteroatoms. The Hall–Kier alpha value is -2.64. The van der Waals surface area contributed by atoms with Crippen molar-refractivity contribution in [2.45, 2.75) is 12.8 Å². The Bertz CT molecular complexity index is 840. The number of halogens is 3. The van der Waals surface area contributed by atoms with E-state index in [1.54, 1.807) is 0 Å². The van der Waals surface area contributed by atoms with Crippen LogP contribution in [0.2, 0.25) is 0 Å². The number of fused-ring (bicyclic) bond motifs is 1. The number of oxazole rings is 1. The van der Waals surface area contributed by atoms with Gasteiger partial charge in [-0.1, -0.05) is 0 Å². The van der Waals surface area contributed by atoms with Gasteiger partial charge in [0.15, 0.2) is 11.4 Å². The van der Waals surface area contributed by atoms with Gasteiger partial charge in [0.05, 0.1) is 24.0 Å². The van der Waals surface area contributed by atoms with Gasteiger partial charge in [0.1, 0.15) is 5.52 Å². The molecule has 3 aromatic rings.